The second-order valence-corrected chi connectivity index (χ2v) is 10.3. The topological polar surface area (TPSA) is 82.3 Å². The van der Waals surface area contributed by atoms with E-state index in [0.29, 0.717) is 23.9 Å². The first-order valence-corrected chi connectivity index (χ1v) is 12.4. The highest BCUT2D eigenvalue weighted by Gasteiger charge is 2.27. The number of nitrogens with zero attached hydrogens (tertiary/aromatic N) is 1. The first kappa shape index (κ1) is 22.7. The molecule has 164 valence electrons. The normalized spacial score (nSPS) is 20.8. The van der Waals surface area contributed by atoms with Crippen LogP contribution in [0.2, 0.25) is 0 Å². The first-order chi connectivity index (χ1) is 14.2. The Morgan fingerprint density at radius 1 is 1.13 bits per heavy atom. The SMILES string of the molecule is Cc1cc(C)[n+]([O-])c(C(CNS(C)(=O)=O)CO[C@H]2CC[C@@H](c3ccccc3)CC2)c1. The van der Waals surface area contributed by atoms with Gasteiger partial charge in [0.25, 0.3) is 0 Å². The summed E-state index contributed by atoms with van der Waals surface area (Å²) in [6.07, 6.45) is 5.35. The number of nitrogens with one attached hydrogen (secondary N) is 1. The van der Waals surface area contributed by atoms with Crippen LogP contribution >= 0.6 is 0 Å². The van der Waals surface area contributed by atoms with Crippen molar-refractivity contribution in [2.75, 3.05) is 19.4 Å². The molecule has 1 fully saturated rings. The molecule has 1 N–H and O–H groups in total. The number of benzene rings is 1. The van der Waals surface area contributed by atoms with Crippen molar-refractivity contribution in [3.05, 3.63) is 70.2 Å². The molecule has 1 aromatic heterocycles. The molecule has 0 saturated heterocycles. The first-order valence-electron chi connectivity index (χ1n) is 10.5. The summed E-state index contributed by atoms with van der Waals surface area (Å²) in [4.78, 5) is 0. The van der Waals surface area contributed by atoms with E-state index in [1.807, 2.05) is 25.1 Å². The summed E-state index contributed by atoms with van der Waals surface area (Å²) in [5, 5.41) is 12.6. The van der Waals surface area contributed by atoms with Gasteiger partial charge in [0.05, 0.1) is 24.9 Å². The molecular weight excluding hydrogens is 400 g/mol. The summed E-state index contributed by atoms with van der Waals surface area (Å²) >= 11 is 0. The van der Waals surface area contributed by atoms with Crippen LogP contribution in [0.5, 0.6) is 0 Å². The molecule has 30 heavy (non-hydrogen) atoms. The lowest BCUT2D eigenvalue weighted by Gasteiger charge is -2.30. The Kier molecular flexibility index (Phi) is 7.50. The van der Waals surface area contributed by atoms with Crippen molar-refractivity contribution < 1.29 is 17.9 Å². The standard InChI is InChI=1S/C23H32N2O4S/c1-17-13-18(2)25(26)23(14-17)21(15-24-30(3,27)28)16-29-22-11-9-20(10-12-22)19-7-5-4-6-8-19/h4-8,13-14,20-22,24H,9-12,15-16H2,1-3H3/t20-,21?,22+. The van der Waals surface area contributed by atoms with Gasteiger partial charge in [0.2, 0.25) is 10.0 Å². The summed E-state index contributed by atoms with van der Waals surface area (Å²) < 4.78 is 32.9. The van der Waals surface area contributed by atoms with Crippen LogP contribution in [0.15, 0.2) is 42.5 Å². The highest BCUT2D eigenvalue weighted by molar-refractivity contribution is 7.88. The zero-order valence-electron chi connectivity index (χ0n) is 18.0. The molecular formula is C23H32N2O4S. The molecule has 0 spiro atoms. The minimum absolute atomic E-state index is 0.136. The number of aromatic nitrogens is 1. The minimum Gasteiger partial charge on any atom is -0.618 e. The fourth-order valence-corrected chi connectivity index (χ4v) is 4.75. The van der Waals surface area contributed by atoms with E-state index < -0.39 is 10.0 Å². The van der Waals surface area contributed by atoms with Crippen LogP contribution in [-0.4, -0.2) is 33.9 Å². The van der Waals surface area contributed by atoms with Crippen LogP contribution in [-0.2, 0) is 14.8 Å². The Hall–Kier alpha value is -1.96. The lowest BCUT2D eigenvalue weighted by Crippen LogP contribution is -2.41. The molecule has 6 nitrogen and oxygen atoms in total. The Bertz CT molecular complexity index is 939. The molecule has 1 unspecified atom stereocenters. The predicted molar refractivity (Wildman–Crippen MR) is 118 cm³/mol. The minimum atomic E-state index is -3.36. The smallest absolute Gasteiger partial charge is 0.208 e. The van der Waals surface area contributed by atoms with Gasteiger partial charge in [-0.3, -0.25) is 0 Å². The van der Waals surface area contributed by atoms with Crippen molar-refractivity contribution >= 4 is 10.0 Å². The maximum absolute atomic E-state index is 12.6. The molecule has 0 aliphatic heterocycles. The average molecular weight is 433 g/mol. The van der Waals surface area contributed by atoms with Gasteiger partial charge < -0.3 is 9.94 Å². The number of aryl methyl sites for hydroxylation is 2. The molecule has 0 bridgehead atoms. The summed E-state index contributed by atoms with van der Waals surface area (Å²) in [7, 11) is -3.36. The lowest BCUT2D eigenvalue weighted by molar-refractivity contribution is -0.622. The van der Waals surface area contributed by atoms with Gasteiger partial charge in [-0.05, 0) is 49.7 Å². The van der Waals surface area contributed by atoms with Gasteiger partial charge in [0, 0.05) is 25.6 Å². The average Bonchev–Trinajstić information content (AvgIpc) is 2.71. The van der Waals surface area contributed by atoms with Crippen LogP contribution in [0, 0.1) is 19.1 Å². The van der Waals surface area contributed by atoms with E-state index in [2.05, 4.69) is 29.0 Å². The van der Waals surface area contributed by atoms with Crippen LogP contribution in [0.1, 0.15) is 60.0 Å². The van der Waals surface area contributed by atoms with Gasteiger partial charge in [-0.25, -0.2) is 13.1 Å². The monoisotopic (exact) mass is 432 g/mol. The zero-order valence-corrected chi connectivity index (χ0v) is 18.8. The number of hydrogen-bond donors (Lipinski definition) is 1. The van der Waals surface area contributed by atoms with Gasteiger partial charge in [-0.15, -0.1) is 0 Å². The molecule has 7 heteroatoms. The molecule has 1 saturated carbocycles. The molecule has 1 aromatic carbocycles. The van der Waals surface area contributed by atoms with E-state index in [0.717, 1.165) is 42.2 Å². The highest BCUT2D eigenvalue weighted by atomic mass is 32.2. The Balaban J connectivity index is 1.64. The van der Waals surface area contributed by atoms with Crippen molar-refractivity contribution in [3.8, 4) is 0 Å². The van der Waals surface area contributed by atoms with Gasteiger partial charge in [0.1, 0.15) is 0 Å². The number of rotatable bonds is 8. The number of ether oxygens (including phenoxy) is 1. The van der Waals surface area contributed by atoms with Gasteiger partial charge >= 0.3 is 0 Å². The van der Waals surface area contributed by atoms with Crippen molar-refractivity contribution in [3.63, 3.8) is 0 Å². The van der Waals surface area contributed by atoms with Crippen molar-refractivity contribution in [2.24, 2.45) is 0 Å². The zero-order chi connectivity index (χ0) is 21.7. The Morgan fingerprint density at radius 2 is 1.80 bits per heavy atom. The maximum Gasteiger partial charge on any atom is 0.208 e. The number of pyridine rings is 1. The largest absolute Gasteiger partial charge is 0.618 e. The van der Waals surface area contributed by atoms with Crippen LogP contribution in [0.25, 0.3) is 0 Å². The number of hydrogen-bond acceptors (Lipinski definition) is 4. The van der Waals surface area contributed by atoms with Gasteiger partial charge in [0.15, 0.2) is 11.4 Å². The van der Waals surface area contributed by atoms with E-state index >= 15 is 0 Å². The summed E-state index contributed by atoms with van der Waals surface area (Å²) in [6, 6.07) is 14.2. The summed E-state index contributed by atoms with van der Waals surface area (Å²) in [5.41, 5.74) is 3.50. The molecule has 0 radical (unpaired) electrons. The molecule has 1 atom stereocenters. The van der Waals surface area contributed by atoms with E-state index in [4.69, 9.17) is 4.74 Å². The summed E-state index contributed by atoms with van der Waals surface area (Å²) in [6.45, 7) is 4.15. The van der Waals surface area contributed by atoms with Gasteiger partial charge in [-0.2, -0.15) is 4.73 Å². The third kappa shape index (κ3) is 6.27. The van der Waals surface area contributed by atoms with E-state index in [1.165, 1.54) is 5.56 Å². The van der Waals surface area contributed by atoms with Crippen molar-refractivity contribution in [2.45, 2.75) is 57.5 Å². The number of sulfonamides is 1. The Morgan fingerprint density at radius 3 is 2.43 bits per heavy atom. The summed E-state index contributed by atoms with van der Waals surface area (Å²) in [5.74, 6) is 0.222. The second kappa shape index (κ2) is 9.90. The lowest BCUT2D eigenvalue weighted by atomic mass is 9.83. The van der Waals surface area contributed by atoms with Crippen molar-refractivity contribution in [1.29, 1.82) is 0 Å². The van der Waals surface area contributed by atoms with Crippen LogP contribution in [0.4, 0.5) is 0 Å². The maximum atomic E-state index is 12.6. The van der Waals surface area contributed by atoms with Crippen LogP contribution in [0.3, 0.4) is 0 Å². The third-order valence-corrected chi connectivity index (χ3v) is 6.55. The van der Waals surface area contributed by atoms with E-state index in [1.54, 1.807) is 6.92 Å². The molecule has 1 heterocycles. The second-order valence-electron chi connectivity index (χ2n) is 8.43. The highest BCUT2D eigenvalue weighted by Crippen LogP contribution is 2.34. The predicted octanol–water partition coefficient (Wildman–Crippen LogP) is 3.31. The molecule has 2 aromatic rings. The molecule has 0 amide bonds. The Labute approximate surface area is 179 Å². The molecule has 1 aliphatic rings. The fraction of sp³-hybridized carbons (Fsp3) is 0.522. The van der Waals surface area contributed by atoms with Crippen LogP contribution < -0.4 is 9.45 Å². The van der Waals surface area contributed by atoms with E-state index in [-0.39, 0.29) is 18.6 Å². The molecule has 1 aliphatic carbocycles. The van der Waals surface area contributed by atoms with E-state index in [9.17, 15) is 13.6 Å². The molecule has 3 rings (SSSR count). The quantitative estimate of drug-likeness (QED) is 0.512. The van der Waals surface area contributed by atoms with Crippen molar-refractivity contribution in [1.82, 2.24) is 4.72 Å². The fourth-order valence-electron chi connectivity index (χ4n) is 4.25. The third-order valence-electron chi connectivity index (χ3n) is 5.86. The van der Waals surface area contributed by atoms with Gasteiger partial charge in [-0.1, -0.05) is 30.3 Å².